The molecule has 3 fully saturated rings. The summed E-state index contributed by atoms with van der Waals surface area (Å²) in [6.07, 6.45) is 28.5. The van der Waals surface area contributed by atoms with Crippen molar-refractivity contribution in [3.8, 4) is 0 Å². The van der Waals surface area contributed by atoms with Crippen molar-refractivity contribution in [1.29, 1.82) is 0 Å². The zero-order valence-electron chi connectivity index (χ0n) is 14.0. The van der Waals surface area contributed by atoms with Gasteiger partial charge in [-0.2, -0.15) is 38.5 Å². The fourth-order valence-electron chi connectivity index (χ4n) is 2.70. The third kappa shape index (κ3) is 22.4. The first-order valence-electron chi connectivity index (χ1n) is 9.01. The van der Waals surface area contributed by atoms with Gasteiger partial charge >= 0.3 is 26.8 Å². The van der Waals surface area contributed by atoms with Crippen LogP contribution < -0.4 is 0 Å². The summed E-state index contributed by atoms with van der Waals surface area (Å²) in [4.78, 5) is 0. The van der Waals surface area contributed by atoms with E-state index in [0.717, 1.165) is 0 Å². The molecule has 0 aromatic carbocycles. The average Bonchev–Trinajstić information content (AvgIpc) is 2.60. The van der Waals surface area contributed by atoms with Gasteiger partial charge in [-0.1, -0.05) is 57.8 Å². The van der Waals surface area contributed by atoms with E-state index in [-0.39, 0.29) is 0 Å². The van der Waals surface area contributed by atoms with E-state index in [1.54, 1.807) is 0 Å². The second-order valence-corrected chi connectivity index (χ2v) is 6.76. The Hall–Kier alpha value is 0.144. The molecule has 3 nitrogen and oxygen atoms in total. The molecule has 0 bridgehead atoms. The molecule has 132 valence electrons. The van der Waals surface area contributed by atoms with E-state index in [0.29, 0.717) is 0 Å². The van der Waals surface area contributed by atoms with Gasteiger partial charge in [0.05, 0.1) is 0 Å². The van der Waals surface area contributed by atoms with Gasteiger partial charge in [0.15, 0.2) is 0 Å². The Bertz CT molecular complexity index is 194. The van der Waals surface area contributed by atoms with Crippen LogP contribution in [0.15, 0.2) is 0 Å². The molecule has 3 rings (SSSR count). The fraction of sp³-hybridized carbons (Fsp3) is 0.833. The normalized spacial score (nSPS) is 20.8. The molecule has 0 aromatic heterocycles. The van der Waals surface area contributed by atoms with Crippen LogP contribution in [0, 0.1) is 19.3 Å². The Morgan fingerprint density at radius 1 is 0.500 bits per heavy atom. The van der Waals surface area contributed by atoms with Gasteiger partial charge in [-0.05, 0) is 0 Å². The number of rotatable bonds is 0. The van der Waals surface area contributed by atoms with Crippen LogP contribution >= 0.6 is 0 Å². The predicted molar refractivity (Wildman–Crippen MR) is 85.7 cm³/mol. The van der Waals surface area contributed by atoms with E-state index in [4.69, 9.17) is 11.4 Å². The second-order valence-electron chi connectivity index (χ2n) is 6.02. The maximum atomic E-state index is 8.67. The van der Waals surface area contributed by atoms with Gasteiger partial charge in [0.25, 0.3) is 0 Å². The van der Waals surface area contributed by atoms with Gasteiger partial charge in [0.2, 0.25) is 0 Å². The van der Waals surface area contributed by atoms with Crippen LogP contribution in [-0.2, 0) is 22.7 Å². The Labute approximate surface area is 142 Å². The Morgan fingerprint density at radius 3 is 0.727 bits per heavy atom. The van der Waals surface area contributed by atoms with Crippen LogP contribution in [0.3, 0.4) is 0 Å². The van der Waals surface area contributed by atoms with Crippen molar-refractivity contribution >= 4 is 0 Å². The molecule has 3 saturated carbocycles. The Morgan fingerprint density at radius 2 is 0.682 bits per heavy atom. The maximum absolute atomic E-state index is 8.67. The van der Waals surface area contributed by atoms with Crippen molar-refractivity contribution in [2.75, 3.05) is 0 Å². The van der Waals surface area contributed by atoms with Crippen LogP contribution in [0.5, 0.6) is 0 Å². The number of hydrogen-bond donors (Lipinski definition) is 1. The van der Waals surface area contributed by atoms with Gasteiger partial charge in [-0.15, -0.1) is 0 Å². The average molecular weight is 349 g/mol. The van der Waals surface area contributed by atoms with E-state index in [1.807, 2.05) is 0 Å². The van der Waals surface area contributed by atoms with Crippen molar-refractivity contribution in [2.24, 2.45) is 0 Å². The van der Waals surface area contributed by atoms with Crippen LogP contribution in [0.4, 0.5) is 0 Å². The van der Waals surface area contributed by atoms with Crippen LogP contribution in [0.25, 0.3) is 0 Å². The summed E-state index contributed by atoms with van der Waals surface area (Å²) in [7, 11) is 0. The van der Waals surface area contributed by atoms with Crippen molar-refractivity contribution in [1.82, 2.24) is 0 Å². The standard InChI is InChI=1S/3C6H11.H2O.2O.V/c3*1-2-4-6-5-3-1;;;;/h3*1H,2-6H2;1H2;;;/q3*-1;;;;+1/p-1. The SMILES string of the molecule is [CH-]1CCCCC1.[CH-]1CCCCC1.[CH-]1CCCCC1.[O]=[V](=[O])[OH]. The molecule has 1 N–H and O–H groups in total. The molecule has 0 heterocycles. The number of hydrogen-bond acceptors (Lipinski definition) is 2. The first-order valence-corrected chi connectivity index (χ1v) is 10.8. The van der Waals surface area contributed by atoms with Gasteiger partial charge in [0, 0.05) is 0 Å². The summed E-state index contributed by atoms with van der Waals surface area (Å²) in [6.45, 7) is 0. The minimum atomic E-state index is -3.69. The molecular formula is C18H34O3V-3. The van der Waals surface area contributed by atoms with E-state index in [9.17, 15) is 0 Å². The Kier molecular flexibility index (Phi) is 19.3. The monoisotopic (exact) mass is 349 g/mol. The molecule has 4 heteroatoms. The Balaban J connectivity index is 0.000000271. The molecule has 0 saturated heterocycles. The van der Waals surface area contributed by atoms with Gasteiger partial charge in [-0.25, -0.2) is 0 Å². The van der Waals surface area contributed by atoms with Crippen LogP contribution in [0.1, 0.15) is 96.3 Å². The molecule has 0 unspecified atom stereocenters. The van der Waals surface area contributed by atoms with Crippen molar-refractivity contribution in [2.45, 2.75) is 96.3 Å². The summed E-state index contributed by atoms with van der Waals surface area (Å²) in [5.41, 5.74) is 0. The van der Waals surface area contributed by atoms with Crippen molar-refractivity contribution in [3.05, 3.63) is 19.3 Å². The predicted octanol–water partition coefficient (Wildman–Crippen LogP) is 5.67. The molecule has 22 heavy (non-hydrogen) atoms. The minimum absolute atomic E-state index is 1.38. The molecular weight excluding hydrogens is 315 g/mol. The first kappa shape index (κ1) is 22.1. The fourth-order valence-corrected chi connectivity index (χ4v) is 2.70. The third-order valence-electron chi connectivity index (χ3n) is 3.95. The summed E-state index contributed by atoms with van der Waals surface area (Å²) < 4.78 is 24.4. The summed E-state index contributed by atoms with van der Waals surface area (Å²) in [5.74, 6) is 0. The molecule has 0 atom stereocenters. The molecule has 0 amide bonds. The van der Waals surface area contributed by atoms with E-state index in [2.05, 4.69) is 19.3 Å². The molecule has 0 aliphatic heterocycles. The van der Waals surface area contributed by atoms with E-state index < -0.39 is 15.4 Å². The molecule has 0 radical (unpaired) electrons. The molecule has 3 aliphatic carbocycles. The summed E-state index contributed by atoms with van der Waals surface area (Å²) in [5, 5.41) is 0. The first-order chi connectivity index (χ1) is 10.7. The quantitative estimate of drug-likeness (QED) is 0.574. The topological polar surface area (TPSA) is 54.4 Å². The zero-order chi connectivity index (χ0) is 16.3. The molecule has 0 aromatic rings. The van der Waals surface area contributed by atoms with Crippen LogP contribution in [0.2, 0.25) is 0 Å². The van der Waals surface area contributed by atoms with Crippen LogP contribution in [-0.4, -0.2) is 4.03 Å². The second kappa shape index (κ2) is 19.2. The van der Waals surface area contributed by atoms with Gasteiger partial charge in [0.1, 0.15) is 0 Å². The van der Waals surface area contributed by atoms with E-state index >= 15 is 0 Å². The summed E-state index contributed by atoms with van der Waals surface area (Å²) >= 11 is -3.69. The molecule has 0 spiro atoms. The van der Waals surface area contributed by atoms with Gasteiger partial charge in [-0.3, -0.25) is 0 Å². The van der Waals surface area contributed by atoms with Crippen molar-refractivity contribution < 1.29 is 26.8 Å². The van der Waals surface area contributed by atoms with Crippen molar-refractivity contribution in [3.63, 3.8) is 0 Å². The summed E-state index contributed by atoms with van der Waals surface area (Å²) in [6, 6.07) is 0. The van der Waals surface area contributed by atoms with E-state index in [1.165, 1.54) is 96.3 Å². The third-order valence-corrected chi connectivity index (χ3v) is 3.95. The zero-order valence-corrected chi connectivity index (χ0v) is 15.4. The van der Waals surface area contributed by atoms with Gasteiger partial charge < -0.3 is 19.3 Å². The molecule has 3 aliphatic rings.